The summed E-state index contributed by atoms with van der Waals surface area (Å²) in [6.07, 6.45) is 10.2. The Morgan fingerprint density at radius 2 is 2.04 bits per heavy atom. The summed E-state index contributed by atoms with van der Waals surface area (Å²) in [5.41, 5.74) is 4.49. The topological polar surface area (TPSA) is 58.0 Å². The highest BCUT2D eigenvalue weighted by atomic mass is 79.9. The molecule has 5 nitrogen and oxygen atoms in total. The number of fused-ring (bicyclic) bond motifs is 2. The first-order valence-corrected chi connectivity index (χ1v) is 10.4. The fourth-order valence-corrected chi connectivity index (χ4v) is 4.44. The molecule has 1 aliphatic carbocycles. The molecule has 0 radical (unpaired) electrons. The largest absolute Gasteiger partial charge is 0.366 e. The van der Waals surface area contributed by atoms with Crippen LogP contribution in [0.15, 0.2) is 47.2 Å². The first kappa shape index (κ1) is 16.8. The molecule has 3 aromatic heterocycles. The van der Waals surface area contributed by atoms with Gasteiger partial charge in [0.2, 0.25) is 0 Å². The van der Waals surface area contributed by atoms with Gasteiger partial charge in [0.15, 0.2) is 5.65 Å². The summed E-state index contributed by atoms with van der Waals surface area (Å²) in [5, 5.41) is 9.32. The molecule has 0 bridgehead atoms. The van der Waals surface area contributed by atoms with Crippen LogP contribution in [0.5, 0.6) is 0 Å². The van der Waals surface area contributed by atoms with Crippen molar-refractivity contribution in [1.29, 1.82) is 0 Å². The fraction of sp³-hybridized carbons (Fsp3) is 0.333. The van der Waals surface area contributed by atoms with Crippen LogP contribution >= 0.6 is 15.9 Å². The van der Waals surface area contributed by atoms with E-state index in [-0.39, 0.29) is 0 Å². The van der Waals surface area contributed by atoms with Crippen LogP contribution in [-0.2, 0) is 6.54 Å². The maximum Gasteiger partial charge on any atom is 0.171 e. The number of nitrogens with one attached hydrogen (secondary N) is 2. The van der Waals surface area contributed by atoms with E-state index in [0.717, 1.165) is 22.5 Å². The minimum atomic E-state index is 0.558. The molecule has 1 aliphatic rings. The van der Waals surface area contributed by atoms with Gasteiger partial charge in [-0.25, -0.2) is 4.98 Å². The van der Waals surface area contributed by atoms with E-state index in [2.05, 4.69) is 61.7 Å². The molecule has 1 aromatic carbocycles. The lowest BCUT2D eigenvalue weighted by molar-refractivity contribution is 0.437. The number of hydrogen-bond donors (Lipinski definition) is 2. The van der Waals surface area contributed by atoms with E-state index >= 15 is 0 Å². The average Bonchev–Trinajstić information content (AvgIpc) is 3.33. The van der Waals surface area contributed by atoms with Crippen molar-refractivity contribution in [2.75, 3.05) is 5.32 Å². The SMILES string of the molecule is Brc1cnn2c(NCc3ccc4[nH]ccc4c3)cc(C3CCCCC3)nc12. The quantitative estimate of drug-likeness (QED) is 0.446. The Labute approximate surface area is 166 Å². The Morgan fingerprint density at radius 1 is 1.15 bits per heavy atom. The Morgan fingerprint density at radius 3 is 2.93 bits per heavy atom. The van der Waals surface area contributed by atoms with Gasteiger partial charge in [0.05, 0.1) is 10.7 Å². The van der Waals surface area contributed by atoms with Crippen LogP contribution in [0.4, 0.5) is 5.82 Å². The van der Waals surface area contributed by atoms with Gasteiger partial charge in [-0.1, -0.05) is 25.3 Å². The summed E-state index contributed by atoms with van der Waals surface area (Å²) in [5.74, 6) is 1.56. The third kappa shape index (κ3) is 3.23. The van der Waals surface area contributed by atoms with Crippen molar-refractivity contribution in [2.45, 2.75) is 44.6 Å². The van der Waals surface area contributed by atoms with E-state index in [4.69, 9.17) is 4.98 Å². The minimum Gasteiger partial charge on any atom is -0.366 e. The van der Waals surface area contributed by atoms with Crippen LogP contribution in [-0.4, -0.2) is 19.6 Å². The molecule has 1 fully saturated rings. The highest BCUT2D eigenvalue weighted by Crippen LogP contribution is 2.34. The standard InChI is InChI=1S/C21H22BrN5/c22-17-13-25-27-20(11-19(26-21(17)27)15-4-2-1-3-5-15)24-12-14-6-7-18-16(10-14)8-9-23-18/h6-11,13,15,23-24H,1-5,12H2. The zero-order chi connectivity index (χ0) is 18.2. The third-order valence-electron chi connectivity index (χ3n) is 5.56. The van der Waals surface area contributed by atoms with Crippen molar-refractivity contribution in [3.05, 3.63) is 58.5 Å². The van der Waals surface area contributed by atoms with E-state index in [1.54, 1.807) is 0 Å². The van der Waals surface area contributed by atoms with Crippen LogP contribution in [0.2, 0.25) is 0 Å². The second-order valence-electron chi connectivity index (χ2n) is 7.38. The number of rotatable bonds is 4. The molecule has 1 saturated carbocycles. The maximum atomic E-state index is 4.92. The van der Waals surface area contributed by atoms with Crippen LogP contribution in [0.3, 0.4) is 0 Å². The average molecular weight is 424 g/mol. The Balaban J connectivity index is 1.47. The molecule has 0 amide bonds. The fourth-order valence-electron chi connectivity index (χ4n) is 4.09. The van der Waals surface area contributed by atoms with Crippen LogP contribution < -0.4 is 5.32 Å². The predicted octanol–water partition coefficient (Wildman–Crippen LogP) is 5.63. The van der Waals surface area contributed by atoms with Gasteiger partial charge >= 0.3 is 0 Å². The Kier molecular flexibility index (Phi) is 4.36. The van der Waals surface area contributed by atoms with Gasteiger partial charge in [0, 0.05) is 35.9 Å². The lowest BCUT2D eigenvalue weighted by Gasteiger charge is -2.22. The predicted molar refractivity (Wildman–Crippen MR) is 112 cm³/mol. The summed E-state index contributed by atoms with van der Waals surface area (Å²) >= 11 is 3.60. The highest BCUT2D eigenvalue weighted by Gasteiger charge is 2.20. The number of halogens is 1. The van der Waals surface area contributed by atoms with Crippen LogP contribution in [0, 0.1) is 0 Å². The molecular weight excluding hydrogens is 402 g/mol. The first-order chi connectivity index (χ1) is 13.3. The second kappa shape index (κ2) is 7.00. The van der Waals surface area contributed by atoms with E-state index in [9.17, 15) is 0 Å². The molecule has 0 spiro atoms. The molecule has 0 atom stereocenters. The molecule has 6 heteroatoms. The zero-order valence-corrected chi connectivity index (χ0v) is 16.7. The van der Waals surface area contributed by atoms with Crippen molar-refractivity contribution in [1.82, 2.24) is 19.6 Å². The summed E-state index contributed by atoms with van der Waals surface area (Å²) in [6.45, 7) is 0.752. The lowest BCUT2D eigenvalue weighted by atomic mass is 9.87. The van der Waals surface area contributed by atoms with E-state index in [0.29, 0.717) is 5.92 Å². The number of aromatic nitrogens is 4. The highest BCUT2D eigenvalue weighted by molar-refractivity contribution is 9.10. The van der Waals surface area contributed by atoms with Crippen LogP contribution in [0.1, 0.15) is 49.3 Å². The molecule has 27 heavy (non-hydrogen) atoms. The molecular formula is C21H22BrN5. The molecule has 0 saturated heterocycles. The molecule has 0 aliphatic heterocycles. The molecule has 3 heterocycles. The summed E-state index contributed by atoms with van der Waals surface area (Å²) in [4.78, 5) is 8.16. The number of hydrogen-bond acceptors (Lipinski definition) is 3. The van der Waals surface area contributed by atoms with Gasteiger partial charge in [-0.05, 0) is 57.9 Å². The van der Waals surface area contributed by atoms with Crippen molar-refractivity contribution in [2.24, 2.45) is 0 Å². The monoisotopic (exact) mass is 423 g/mol. The van der Waals surface area contributed by atoms with Crippen molar-refractivity contribution in [3.8, 4) is 0 Å². The number of aromatic amines is 1. The lowest BCUT2D eigenvalue weighted by Crippen LogP contribution is -2.11. The van der Waals surface area contributed by atoms with Gasteiger partial charge in [-0.2, -0.15) is 9.61 Å². The third-order valence-corrected chi connectivity index (χ3v) is 6.12. The van der Waals surface area contributed by atoms with Crippen molar-refractivity contribution < 1.29 is 0 Å². The summed E-state index contributed by atoms with van der Waals surface area (Å²) < 4.78 is 2.84. The molecule has 2 N–H and O–H groups in total. The van der Waals surface area contributed by atoms with E-state index in [1.165, 1.54) is 54.3 Å². The summed E-state index contributed by atoms with van der Waals surface area (Å²) in [6, 6.07) is 10.8. The molecule has 138 valence electrons. The van der Waals surface area contributed by atoms with Crippen molar-refractivity contribution in [3.63, 3.8) is 0 Å². The van der Waals surface area contributed by atoms with E-state index < -0.39 is 0 Å². The zero-order valence-electron chi connectivity index (χ0n) is 15.1. The normalized spacial score (nSPS) is 15.6. The smallest absolute Gasteiger partial charge is 0.171 e. The number of anilines is 1. The van der Waals surface area contributed by atoms with Gasteiger partial charge in [-0.15, -0.1) is 0 Å². The Bertz CT molecular complexity index is 1090. The molecule has 4 aromatic rings. The van der Waals surface area contributed by atoms with Crippen molar-refractivity contribution >= 4 is 38.3 Å². The number of nitrogens with zero attached hydrogens (tertiary/aromatic N) is 3. The summed E-state index contributed by atoms with van der Waals surface area (Å²) in [7, 11) is 0. The Hall–Kier alpha value is -2.34. The van der Waals surface area contributed by atoms with E-state index in [1.807, 2.05) is 16.9 Å². The first-order valence-electron chi connectivity index (χ1n) is 9.62. The molecule has 5 rings (SSSR count). The van der Waals surface area contributed by atoms with Gasteiger partial charge in [-0.3, -0.25) is 0 Å². The number of benzene rings is 1. The maximum absolute atomic E-state index is 4.92. The van der Waals surface area contributed by atoms with Gasteiger partial charge in [0.1, 0.15) is 5.82 Å². The van der Waals surface area contributed by atoms with Gasteiger partial charge in [0.25, 0.3) is 0 Å². The number of H-pyrrole nitrogens is 1. The van der Waals surface area contributed by atoms with Gasteiger partial charge < -0.3 is 10.3 Å². The minimum absolute atomic E-state index is 0.558. The second-order valence-corrected chi connectivity index (χ2v) is 8.24. The van der Waals surface area contributed by atoms with Crippen LogP contribution in [0.25, 0.3) is 16.6 Å². The molecule has 0 unspecified atom stereocenters.